The number of benzene rings is 1. The van der Waals surface area contributed by atoms with Gasteiger partial charge in [0.25, 0.3) is 0 Å². The number of aryl methyl sites for hydroxylation is 1. The Morgan fingerprint density at radius 1 is 1.26 bits per heavy atom. The van der Waals surface area contributed by atoms with Gasteiger partial charge in [0.05, 0.1) is 10.8 Å². The highest BCUT2D eigenvalue weighted by Crippen LogP contribution is 2.28. The molecule has 1 aromatic heterocycles. The monoisotopic (exact) mass is 298 g/mol. The molecule has 0 saturated carbocycles. The van der Waals surface area contributed by atoms with Gasteiger partial charge < -0.3 is 9.63 Å². The molecule has 0 atom stereocenters. The molecular formula is C13H15ClN2O2S. The van der Waals surface area contributed by atoms with Gasteiger partial charge in [-0.15, -0.1) is 11.8 Å². The van der Waals surface area contributed by atoms with E-state index in [0.717, 1.165) is 22.8 Å². The lowest BCUT2D eigenvalue weighted by atomic mass is 10.2. The summed E-state index contributed by atoms with van der Waals surface area (Å²) >= 11 is 7.66. The van der Waals surface area contributed by atoms with Crippen LogP contribution in [0.1, 0.15) is 24.6 Å². The first-order chi connectivity index (χ1) is 9.29. The fourth-order valence-corrected chi connectivity index (χ4v) is 2.62. The van der Waals surface area contributed by atoms with Gasteiger partial charge in [-0.25, -0.2) is 0 Å². The van der Waals surface area contributed by atoms with Gasteiger partial charge in [-0.2, -0.15) is 4.98 Å². The van der Waals surface area contributed by atoms with Crippen LogP contribution in [0.2, 0.25) is 5.02 Å². The summed E-state index contributed by atoms with van der Waals surface area (Å²) in [7, 11) is 0. The number of hydrogen-bond donors (Lipinski definition) is 1. The third-order valence-electron chi connectivity index (χ3n) is 2.50. The molecule has 1 N–H and O–H groups in total. The van der Waals surface area contributed by atoms with Gasteiger partial charge in [-0.3, -0.25) is 0 Å². The summed E-state index contributed by atoms with van der Waals surface area (Å²) < 4.78 is 5.14. The van der Waals surface area contributed by atoms with Gasteiger partial charge in [-0.05, 0) is 25.0 Å². The molecule has 2 aromatic rings. The van der Waals surface area contributed by atoms with E-state index in [9.17, 15) is 0 Å². The fourth-order valence-electron chi connectivity index (χ4n) is 1.54. The first-order valence-electron chi connectivity index (χ1n) is 6.09. The molecule has 0 unspecified atom stereocenters. The quantitative estimate of drug-likeness (QED) is 0.627. The Bertz CT molecular complexity index is 519. The lowest BCUT2D eigenvalue weighted by Crippen LogP contribution is -1.90. The lowest BCUT2D eigenvalue weighted by molar-refractivity contribution is 0.280. The van der Waals surface area contributed by atoms with Crippen LogP contribution in [0.4, 0.5) is 0 Å². The molecule has 1 heterocycles. The van der Waals surface area contributed by atoms with Crippen molar-refractivity contribution in [1.82, 2.24) is 10.1 Å². The zero-order valence-electron chi connectivity index (χ0n) is 10.4. The van der Waals surface area contributed by atoms with E-state index in [2.05, 4.69) is 10.1 Å². The molecule has 102 valence electrons. The number of aromatic nitrogens is 2. The second-order valence-corrected chi connectivity index (χ2v) is 5.43. The van der Waals surface area contributed by atoms with Crippen LogP contribution in [0.3, 0.4) is 0 Å². The van der Waals surface area contributed by atoms with Crippen LogP contribution in [-0.4, -0.2) is 21.9 Å². The molecule has 19 heavy (non-hydrogen) atoms. The average molecular weight is 299 g/mol. The summed E-state index contributed by atoms with van der Waals surface area (Å²) in [4.78, 5) is 5.31. The van der Waals surface area contributed by atoms with Gasteiger partial charge in [-0.1, -0.05) is 28.9 Å². The third kappa shape index (κ3) is 4.53. The number of nitrogens with zero attached hydrogens (tertiary/aromatic N) is 2. The predicted octanol–water partition coefficient (Wildman–Crippen LogP) is 3.33. The van der Waals surface area contributed by atoms with E-state index in [1.54, 1.807) is 11.8 Å². The van der Waals surface area contributed by atoms with E-state index in [1.165, 1.54) is 0 Å². The first-order valence-corrected chi connectivity index (χ1v) is 7.45. The van der Waals surface area contributed by atoms with Crippen LogP contribution in [0.25, 0.3) is 0 Å². The van der Waals surface area contributed by atoms with E-state index in [4.69, 9.17) is 21.2 Å². The number of unbranched alkanes of at least 4 members (excludes halogenated alkanes) is 1. The molecule has 4 nitrogen and oxygen atoms in total. The molecule has 0 aliphatic heterocycles. The minimum absolute atomic E-state index is 0.198. The summed E-state index contributed by atoms with van der Waals surface area (Å²) in [5, 5.41) is 13.4. The molecule has 0 amide bonds. The Hall–Kier alpha value is -1.04. The van der Waals surface area contributed by atoms with E-state index < -0.39 is 0 Å². The van der Waals surface area contributed by atoms with E-state index in [1.807, 2.05) is 24.3 Å². The molecule has 0 fully saturated rings. The van der Waals surface area contributed by atoms with Crippen molar-refractivity contribution in [3.05, 3.63) is 41.0 Å². The van der Waals surface area contributed by atoms with Crippen LogP contribution in [0.5, 0.6) is 0 Å². The van der Waals surface area contributed by atoms with Crippen LogP contribution >= 0.6 is 23.4 Å². The predicted molar refractivity (Wildman–Crippen MR) is 75.3 cm³/mol. The van der Waals surface area contributed by atoms with Gasteiger partial charge in [0.15, 0.2) is 5.82 Å². The summed E-state index contributed by atoms with van der Waals surface area (Å²) in [6, 6.07) is 7.68. The minimum Gasteiger partial charge on any atom is -0.396 e. The molecule has 0 saturated heterocycles. The maximum absolute atomic E-state index is 8.70. The van der Waals surface area contributed by atoms with Crippen LogP contribution in [-0.2, 0) is 12.2 Å². The van der Waals surface area contributed by atoms with E-state index in [-0.39, 0.29) is 6.61 Å². The van der Waals surface area contributed by atoms with Crippen LogP contribution in [0, 0.1) is 0 Å². The van der Waals surface area contributed by atoms with Crippen molar-refractivity contribution in [2.24, 2.45) is 0 Å². The molecular weight excluding hydrogens is 284 g/mol. The number of rotatable bonds is 7. The minimum atomic E-state index is 0.198. The maximum Gasteiger partial charge on any atom is 0.226 e. The van der Waals surface area contributed by atoms with Gasteiger partial charge in [0.2, 0.25) is 5.89 Å². The summed E-state index contributed by atoms with van der Waals surface area (Å²) in [6.45, 7) is 0.198. The van der Waals surface area contributed by atoms with Crippen molar-refractivity contribution in [2.45, 2.75) is 29.9 Å². The second kappa shape index (κ2) is 7.53. The maximum atomic E-state index is 8.70. The Kier molecular flexibility index (Phi) is 5.69. The Balaban J connectivity index is 1.85. The van der Waals surface area contributed by atoms with Crippen molar-refractivity contribution in [3.63, 3.8) is 0 Å². The number of thioether (sulfide) groups is 1. The van der Waals surface area contributed by atoms with Crippen molar-refractivity contribution < 1.29 is 9.63 Å². The average Bonchev–Trinajstić information content (AvgIpc) is 2.86. The van der Waals surface area contributed by atoms with Crippen molar-refractivity contribution in [2.75, 3.05) is 6.61 Å². The highest BCUT2D eigenvalue weighted by atomic mass is 35.5. The van der Waals surface area contributed by atoms with Gasteiger partial charge in [0, 0.05) is 17.9 Å². The number of hydrogen-bond acceptors (Lipinski definition) is 5. The Labute approximate surface area is 121 Å². The first kappa shape index (κ1) is 14.4. The lowest BCUT2D eigenvalue weighted by Gasteiger charge is -2.00. The summed E-state index contributed by atoms with van der Waals surface area (Å²) in [5.74, 6) is 1.93. The molecule has 0 spiro atoms. The Morgan fingerprint density at radius 3 is 2.89 bits per heavy atom. The number of aliphatic hydroxyl groups excluding tert-OH is 1. The molecule has 6 heteroatoms. The topological polar surface area (TPSA) is 59.2 Å². The molecule has 0 radical (unpaired) electrons. The molecule has 0 aliphatic rings. The second-order valence-electron chi connectivity index (χ2n) is 4.00. The zero-order chi connectivity index (χ0) is 13.5. The molecule has 0 aliphatic carbocycles. The normalized spacial score (nSPS) is 10.8. The van der Waals surface area contributed by atoms with Gasteiger partial charge >= 0.3 is 0 Å². The van der Waals surface area contributed by atoms with Crippen molar-refractivity contribution in [1.29, 1.82) is 0 Å². The fraction of sp³-hybridized carbons (Fsp3) is 0.385. The molecule has 1 aromatic carbocycles. The largest absolute Gasteiger partial charge is 0.396 e. The SMILES string of the molecule is OCCCCc1nc(CSc2ccccc2Cl)no1. The molecule has 2 rings (SSSR count). The van der Waals surface area contributed by atoms with Crippen molar-refractivity contribution in [3.8, 4) is 0 Å². The standard InChI is InChI=1S/C13H15ClN2O2S/c14-10-5-1-2-6-11(10)19-9-12-15-13(18-16-12)7-3-4-8-17/h1-2,5-6,17H,3-4,7-9H2. The third-order valence-corrected chi connectivity index (χ3v) is 4.01. The van der Waals surface area contributed by atoms with Crippen molar-refractivity contribution >= 4 is 23.4 Å². The summed E-state index contributed by atoms with van der Waals surface area (Å²) in [5.41, 5.74) is 0. The number of halogens is 1. The molecule has 0 bridgehead atoms. The van der Waals surface area contributed by atoms with E-state index >= 15 is 0 Å². The van der Waals surface area contributed by atoms with Crippen LogP contribution < -0.4 is 0 Å². The van der Waals surface area contributed by atoms with Crippen LogP contribution in [0.15, 0.2) is 33.7 Å². The smallest absolute Gasteiger partial charge is 0.226 e. The van der Waals surface area contributed by atoms with Gasteiger partial charge in [0.1, 0.15) is 0 Å². The Morgan fingerprint density at radius 2 is 2.11 bits per heavy atom. The summed E-state index contributed by atoms with van der Waals surface area (Å²) in [6.07, 6.45) is 2.33. The highest BCUT2D eigenvalue weighted by Gasteiger charge is 2.07. The van der Waals surface area contributed by atoms with E-state index in [0.29, 0.717) is 23.9 Å². The highest BCUT2D eigenvalue weighted by molar-refractivity contribution is 7.98. The number of aliphatic hydroxyl groups is 1. The zero-order valence-corrected chi connectivity index (χ0v) is 12.0.